The zero-order valence-corrected chi connectivity index (χ0v) is 22.8. The van der Waals surface area contributed by atoms with E-state index < -0.39 is 22.7 Å². The van der Waals surface area contributed by atoms with Gasteiger partial charge in [-0.3, -0.25) is 19.1 Å². The van der Waals surface area contributed by atoms with Gasteiger partial charge in [0.2, 0.25) is 5.91 Å². The molecule has 2 aliphatic rings. The summed E-state index contributed by atoms with van der Waals surface area (Å²) >= 11 is 5.74. The molecule has 0 radical (unpaired) electrons. The van der Waals surface area contributed by atoms with Crippen LogP contribution in [-0.4, -0.2) is 49.9 Å². The highest BCUT2D eigenvalue weighted by Gasteiger charge is 2.39. The van der Waals surface area contributed by atoms with E-state index in [1.165, 1.54) is 17.9 Å². The zero-order chi connectivity index (χ0) is 28.9. The van der Waals surface area contributed by atoms with Crippen LogP contribution in [-0.2, 0) is 30.5 Å². The number of aromatic nitrogens is 2. The number of anilines is 1. The number of amides is 3. The number of carbonyl (C=O) groups is 3. The molecule has 1 N–H and O–H groups in total. The predicted octanol–water partition coefficient (Wildman–Crippen LogP) is 5.32. The summed E-state index contributed by atoms with van der Waals surface area (Å²) in [5.41, 5.74) is 2.05. The Morgan fingerprint density at radius 1 is 1.12 bits per heavy atom. The summed E-state index contributed by atoms with van der Waals surface area (Å²) in [6.07, 6.45) is -4.33. The van der Waals surface area contributed by atoms with Crippen LogP contribution in [0.3, 0.4) is 0 Å². The Kier molecular flexibility index (Phi) is 7.11. The molecule has 5 rings (SSSR count). The van der Waals surface area contributed by atoms with E-state index in [4.69, 9.17) is 11.6 Å². The van der Waals surface area contributed by atoms with Crippen LogP contribution in [0.15, 0.2) is 42.5 Å². The van der Waals surface area contributed by atoms with E-state index in [1.54, 1.807) is 28.6 Å². The number of hydrogen-bond acceptors (Lipinski definition) is 4. The van der Waals surface area contributed by atoms with Gasteiger partial charge in [0, 0.05) is 42.7 Å². The molecule has 2 aliphatic heterocycles. The zero-order valence-electron chi connectivity index (χ0n) is 22.1. The Hall–Kier alpha value is -3.86. The number of nitrogens with zero attached hydrogens (tertiary/aromatic N) is 4. The number of alkyl halides is 3. The van der Waals surface area contributed by atoms with Crippen molar-refractivity contribution in [2.75, 3.05) is 11.9 Å². The Labute approximate surface area is 233 Å². The second-order valence-electron chi connectivity index (χ2n) is 10.2. The fourth-order valence-corrected chi connectivity index (χ4v) is 5.57. The van der Waals surface area contributed by atoms with E-state index in [0.29, 0.717) is 42.1 Å². The number of halogens is 4. The van der Waals surface area contributed by atoms with E-state index >= 15 is 0 Å². The first-order valence-corrected chi connectivity index (χ1v) is 13.2. The summed E-state index contributed by atoms with van der Waals surface area (Å²) in [6.45, 7) is 6.10. The average molecular weight is 574 g/mol. The standard InChI is InChI=1S/C28H27ClF3N5O3/c1-15-12-24-21(14-36(15)26(39)19-6-9-23(29)22(13-19)28(30,31)32)25-27(40)35(10-11-37(25)34-24)16(2)18-4-7-20(8-5-18)33-17(3)38/h4-9,13,15-16H,10-12,14H2,1-3H3,(H,33,38)/t15-,16+/m1/s1. The topological polar surface area (TPSA) is 87.5 Å². The molecule has 12 heteroatoms. The van der Waals surface area contributed by atoms with Gasteiger partial charge in [0.05, 0.1) is 35.4 Å². The largest absolute Gasteiger partial charge is 0.417 e. The Morgan fingerprint density at radius 2 is 1.82 bits per heavy atom. The summed E-state index contributed by atoms with van der Waals surface area (Å²) in [5, 5.41) is 6.89. The minimum Gasteiger partial charge on any atom is -0.331 e. The third-order valence-electron chi connectivity index (χ3n) is 7.46. The second kappa shape index (κ2) is 10.3. The summed E-state index contributed by atoms with van der Waals surface area (Å²) < 4.78 is 41.9. The van der Waals surface area contributed by atoms with Gasteiger partial charge in [-0.05, 0) is 49.7 Å². The van der Waals surface area contributed by atoms with Crippen LogP contribution in [0, 0.1) is 0 Å². The molecule has 0 aliphatic carbocycles. The van der Waals surface area contributed by atoms with Crippen LogP contribution in [0.25, 0.3) is 0 Å². The molecule has 2 atom stereocenters. The van der Waals surface area contributed by atoms with Gasteiger partial charge >= 0.3 is 6.18 Å². The number of nitrogens with one attached hydrogen (secondary N) is 1. The second-order valence-corrected chi connectivity index (χ2v) is 10.6. The molecule has 210 valence electrons. The fourth-order valence-electron chi connectivity index (χ4n) is 5.35. The van der Waals surface area contributed by atoms with Crippen molar-refractivity contribution in [3.8, 4) is 0 Å². The summed E-state index contributed by atoms with van der Waals surface area (Å²) in [4.78, 5) is 41.7. The van der Waals surface area contributed by atoms with Gasteiger partial charge < -0.3 is 15.1 Å². The van der Waals surface area contributed by atoms with Crippen molar-refractivity contribution >= 4 is 35.0 Å². The molecule has 0 bridgehead atoms. The molecule has 0 saturated heterocycles. The maximum Gasteiger partial charge on any atom is 0.417 e. The molecule has 0 unspecified atom stereocenters. The first-order chi connectivity index (χ1) is 18.8. The molecule has 2 aromatic carbocycles. The number of hydrogen-bond donors (Lipinski definition) is 1. The molecule has 3 amide bonds. The molecule has 0 fully saturated rings. The molecule has 1 aromatic heterocycles. The number of benzene rings is 2. The van der Waals surface area contributed by atoms with Gasteiger partial charge in [0.15, 0.2) is 0 Å². The lowest BCUT2D eigenvalue weighted by molar-refractivity contribution is -0.137. The first kappa shape index (κ1) is 27.7. The maximum atomic E-state index is 13.8. The van der Waals surface area contributed by atoms with E-state index in [0.717, 1.165) is 17.7 Å². The average Bonchev–Trinajstić information content (AvgIpc) is 3.25. The van der Waals surface area contributed by atoms with Crippen LogP contribution in [0.5, 0.6) is 0 Å². The molecule has 40 heavy (non-hydrogen) atoms. The molecule has 0 spiro atoms. The van der Waals surface area contributed by atoms with Crippen molar-refractivity contribution in [2.24, 2.45) is 0 Å². The van der Waals surface area contributed by atoms with Crippen LogP contribution in [0.2, 0.25) is 5.02 Å². The maximum absolute atomic E-state index is 13.8. The van der Waals surface area contributed by atoms with Crippen molar-refractivity contribution in [3.05, 3.63) is 81.1 Å². The lowest BCUT2D eigenvalue weighted by Crippen LogP contribution is -2.44. The van der Waals surface area contributed by atoms with E-state index in [9.17, 15) is 27.6 Å². The fraction of sp³-hybridized carbons (Fsp3) is 0.357. The van der Waals surface area contributed by atoms with Crippen molar-refractivity contribution in [2.45, 2.75) is 58.5 Å². The highest BCUT2D eigenvalue weighted by atomic mass is 35.5. The van der Waals surface area contributed by atoms with Gasteiger partial charge in [-0.1, -0.05) is 23.7 Å². The van der Waals surface area contributed by atoms with Gasteiger partial charge in [-0.25, -0.2) is 0 Å². The summed E-state index contributed by atoms with van der Waals surface area (Å²) in [7, 11) is 0. The molecular weight excluding hydrogens is 547 g/mol. The Morgan fingerprint density at radius 3 is 2.48 bits per heavy atom. The van der Waals surface area contributed by atoms with Gasteiger partial charge in [0.1, 0.15) is 5.69 Å². The smallest absolute Gasteiger partial charge is 0.331 e. The lowest BCUT2D eigenvalue weighted by atomic mass is 9.96. The van der Waals surface area contributed by atoms with E-state index in [2.05, 4.69) is 10.4 Å². The van der Waals surface area contributed by atoms with Crippen LogP contribution < -0.4 is 5.32 Å². The van der Waals surface area contributed by atoms with Crippen molar-refractivity contribution in [3.63, 3.8) is 0 Å². The van der Waals surface area contributed by atoms with E-state index in [1.807, 2.05) is 19.1 Å². The van der Waals surface area contributed by atoms with Crippen LogP contribution in [0.1, 0.15) is 70.0 Å². The van der Waals surface area contributed by atoms with Gasteiger partial charge in [-0.15, -0.1) is 0 Å². The lowest BCUT2D eigenvalue weighted by Gasteiger charge is -2.35. The SMILES string of the molecule is CC(=O)Nc1ccc([C@H](C)N2CCn3nc4c(c3C2=O)CN(C(=O)c2ccc(Cl)c(C(F)(F)F)c2)[C@H](C)C4)cc1. The number of rotatable bonds is 4. The molecule has 8 nitrogen and oxygen atoms in total. The number of carbonyl (C=O) groups excluding carboxylic acids is 3. The van der Waals surface area contributed by atoms with Crippen LogP contribution in [0.4, 0.5) is 18.9 Å². The normalized spacial score (nSPS) is 17.8. The summed E-state index contributed by atoms with van der Waals surface area (Å²) in [6, 6.07) is 9.78. The molecule has 3 aromatic rings. The highest BCUT2D eigenvalue weighted by molar-refractivity contribution is 6.31. The highest BCUT2D eigenvalue weighted by Crippen LogP contribution is 2.37. The van der Waals surface area contributed by atoms with Crippen LogP contribution >= 0.6 is 11.6 Å². The van der Waals surface area contributed by atoms with Crippen molar-refractivity contribution in [1.82, 2.24) is 19.6 Å². The minimum absolute atomic E-state index is 0.0496. The third-order valence-corrected chi connectivity index (χ3v) is 7.79. The predicted molar refractivity (Wildman–Crippen MR) is 142 cm³/mol. The summed E-state index contributed by atoms with van der Waals surface area (Å²) in [5.74, 6) is -0.983. The monoisotopic (exact) mass is 573 g/mol. The number of fused-ring (bicyclic) bond motifs is 3. The van der Waals surface area contributed by atoms with E-state index in [-0.39, 0.29) is 36.0 Å². The van der Waals surface area contributed by atoms with Crippen molar-refractivity contribution in [1.29, 1.82) is 0 Å². The molecule has 0 saturated carbocycles. The minimum atomic E-state index is -4.70. The van der Waals surface area contributed by atoms with Gasteiger partial charge in [-0.2, -0.15) is 18.3 Å². The molecular formula is C28H27ClF3N5O3. The Balaban J connectivity index is 1.40. The Bertz CT molecular complexity index is 1500. The van der Waals surface area contributed by atoms with Gasteiger partial charge in [0.25, 0.3) is 11.8 Å². The first-order valence-electron chi connectivity index (χ1n) is 12.8. The molecule has 3 heterocycles. The third kappa shape index (κ3) is 5.05. The quantitative estimate of drug-likeness (QED) is 0.458. The van der Waals surface area contributed by atoms with Crippen molar-refractivity contribution < 1.29 is 27.6 Å².